The van der Waals surface area contributed by atoms with Crippen LogP contribution in [-0.4, -0.2) is 11.7 Å². The monoisotopic (exact) mass is 212 g/mol. The van der Waals surface area contributed by atoms with Crippen molar-refractivity contribution in [2.75, 3.05) is 6.61 Å². The van der Waals surface area contributed by atoms with Crippen LogP contribution in [0, 0.1) is 6.92 Å². The summed E-state index contributed by atoms with van der Waals surface area (Å²) >= 11 is 5.36. The minimum absolute atomic E-state index is 0.0123. The van der Waals surface area contributed by atoms with Crippen LogP contribution in [0.25, 0.3) is 0 Å². The lowest BCUT2D eigenvalue weighted by molar-refractivity contribution is 0.270. The summed E-state index contributed by atoms with van der Waals surface area (Å²) in [5, 5.41) is 9.08. The maximum Gasteiger partial charge on any atom is 0.125 e. The SMILES string of the molecule is Cc1ccc(OCC=CCl)c(CO)c1. The zero-order chi connectivity index (χ0) is 10.4. The summed E-state index contributed by atoms with van der Waals surface area (Å²) in [6.45, 7) is 2.38. The zero-order valence-corrected chi connectivity index (χ0v) is 8.79. The van der Waals surface area contributed by atoms with E-state index in [1.54, 1.807) is 6.08 Å². The average molecular weight is 213 g/mol. The van der Waals surface area contributed by atoms with Crippen molar-refractivity contribution >= 4 is 11.6 Å². The Morgan fingerprint density at radius 3 is 2.93 bits per heavy atom. The van der Waals surface area contributed by atoms with E-state index in [1.807, 2.05) is 25.1 Å². The fourth-order valence-corrected chi connectivity index (χ4v) is 1.22. The van der Waals surface area contributed by atoms with Crippen LogP contribution >= 0.6 is 11.6 Å². The van der Waals surface area contributed by atoms with Crippen LogP contribution in [0.2, 0.25) is 0 Å². The number of benzene rings is 1. The second-order valence-electron chi connectivity index (χ2n) is 2.94. The van der Waals surface area contributed by atoms with Gasteiger partial charge in [0, 0.05) is 11.1 Å². The van der Waals surface area contributed by atoms with Crippen LogP contribution in [-0.2, 0) is 6.61 Å². The number of aryl methyl sites for hydroxylation is 1. The molecular formula is C11H13ClO2. The lowest BCUT2D eigenvalue weighted by atomic mass is 10.1. The molecule has 3 heteroatoms. The summed E-state index contributed by atoms with van der Waals surface area (Å²) in [6, 6.07) is 5.70. The first-order chi connectivity index (χ1) is 6.77. The smallest absolute Gasteiger partial charge is 0.125 e. The van der Waals surface area contributed by atoms with E-state index in [0.717, 1.165) is 11.1 Å². The van der Waals surface area contributed by atoms with E-state index in [1.165, 1.54) is 5.54 Å². The number of aliphatic hydroxyl groups is 1. The van der Waals surface area contributed by atoms with Crippen molar-refractivity contribution in [1.82, 2.24) is 0 Å². The molecule has 0 heterocycles. The Morgan fingerprint density at radius 2 is 2.29 bits per heavy atom. The highest BCUT2D eigenvalue weighted by Gasteiger charge is 2.01. The second kappa shape index (κ2) is 5.68. The standard InChI is InChI=1S/C11H13ClO2/c1-9-3-4-11(10(7-9)8-13)14-6-2-5-12/h2-5,7,13H,6,8H2,1H3. The molecule has 0 fully saturated rings. The van der Waals surface area contributed by atoms with Gasteiger partial charge in [0.2, 0.25) is 0 Å². The molecule has 2 nitrogen and oxygen atoms in total. The molecule has 0 atom stereocenters. The summed E-state index contributed by atoms with van der Waals surface area (Å²) in [7, 11) is 0. The van der Waals surface area contributed by atoms with Gasteiger partial charge in [-0.1, -0.05) is 29.3 Å². The van der Waals surface area contributed by atoms with Gasteiger partial charge in [-0.05, 0) is 19.1 Å². The van der Waals surface area contributed by atoms with Crippen molar-refractivity contribution in [2.45, 2.75) is 13.5 Å². The molecule has 0 spiro atoms. The van der Waals surface area contributed by atoms with Crippen LogP contribution in [0.1, 0.15) is 11.1 Å². The van der Waals surface area contributed by atoms with E-state index in [2.05, 4.69) is 0 Å². The van der Waals surface area contributed by atoms with Gasteiger partial charge in [-0.3, -0.25) is 0 Å². The Bertz CT molecular complexity index is 321. The number of ether oxygens (including phenoxy) is 1. The summed E-state index contributed by atoms with van der Waals surface area (Å²) in [5.41, 5.74) is 3.31. The van der Waals surface area contributed by atoms with E-state index in [4.69, 9.17) is 21.4 Å². The molecule has 14 heavy (non-hydrogen) atoms. The van der Waals surface area contributed by atoms with Crippen LogP contribution in [0.15, 0.2) is 29.8 Å². The van der Waals surface area contributed by atoms with E-state index in [9.17, 15) is 0 Å². The first-order valence-electron chi connectivity index (χ1n) is 4.36. The molecule has 0 aliphatic rings. The average Bonchev–Trinajstić information content (AvgIpc) is 2.20. The first-order valence-corrected chi connectivity index (χ1v) is 4.80. The summed E-state index contributed by atoms with van der Waals surface area (Å²) in [6.07, 6.45) is 1.70. The molecule has 0 radical (unpaired) electrons. The number of halogens is 1. The molecule has 1 aromatic rings. The Kier molecular flexibility index (Phi) is 4.50. The molecule has 76 valence electrons. The number of aliphatic hydroxyl groups excluding tert-OH is 1. The summed E-state index contributed by atoms with van der Waals surface area (Å²) in [4.78, 5) is 0. The largest absolute Gasteiger partial charge is 0.489 e. The maximum absolute atomic E-state index is 9.08. The van der Waals surface area contributed by atoms with Gasteiger partial charge in [0.1, 0.15) is 12.4 Å². The number of hydrogen-bond acceptors (Lipinski definition) is 2. The van der Waals surface area contributed by atoms with Gasteiger partial charge < -0.3 is 9.84 Å². The molecule has 1 rings (SSSR count). The van der Waals surface area contributed by atoms with E-state index < -0.39 is 0 Å². The highest BCUT2D eigenvalue weighted by Crippen LogP contribution is 2.19. The maximum atomic E-state index is 9.08. The van der Waals surface area contributed by atoms with E-state index in [0.29, 0.717) is 12.4 Å². The van der Waals surface area contributed by atoms with Crippen LogP contribution in [0.5, 0.6) is 5.75 Å². The molecule has 0 bridgehead atoms. The lowest BCUT2D eigenvalue weighted by Crippen LogP contribution is -1.97. The zero-order valence-electron chi connectivity index (χ0n) is 8.03. The van der Waals surface area contributed by atoms with Crippen molar-refractivity contribution in [3.8, 4) is 5.75 Å². The topological polar surface area (TPSA) is 29.5 Å². The van der Waals surface area contributed by atoms with Crippen molar-refractivity contribution in [3.63, 3.8) is 0 Å². The fraction of sp³-hybridized carbons (Fsp3) is 0.273. The minimum atomic E-state index is -0.0123. The fourth-order valence-electron chi connectivity index (χ4n) is 1.15. The third-order valence-electron chi connectivity index (χ3n) is 1.81. The number of hydrogen-bond donors (Lipinski definition) is 1. The third-order valence-corrected chi connectivity index (χ3v) is 1.99. The van der Waals surface area contributed by atoms with Crippen molar-refractivity contribution in [3.05, 3.63) is 40.9 Å². The highest BCUT2D eigenvalue weighted by atomic mass is 35.5. The quantitative estimate of drug-likeness (QED) is 0.832. The second-order valence-corrected chi connectivity index (χ2v) is 3.19. The predicted octanol–water partition coefficient (Wildman–Crippen LogP) is 2.62. The van der Waals surface area contributed by atoms with Crippen LogP contribution < -0.4 is 4.74 Å². The molecule has 1 aromatic carbocycles. The lowest BCUT2D eigenvalue weighted by Gasteiger charge is -2.08. The van der Waals surface area contributed by atoms with E-state index >= 15 is 0 Å². The van der Waals surface area contributed by atoms with Gasteiger partial charge in [-0.25, -0.2) is 0 Å². The normalized spacial score (nSPS) is 10.8. The van der Waals surface area contributed by atoms with Crippen LogP contribution in [0.3, 0.4) is 0 Å². The molecule has 0 saturated carbocycles. The molecular weight excluding hydrogens is 200 g/mol. The molecule has 1 N–H and O–H groups in total. The Morgan fingerprint density at radius 1 is 1.50 bits per heavy atom. The van der Waals surface area contributed by atoms with Gasteiger partial charge in [-0.2, -0.15) is 0 Å². The van der Waals surface area contributed by atoms with Crippen LogP contribution in [0.4, 0.5) is 0 Å². The van der Waals surface area contributed by atoms with Gasteiger partial charge in [0.15, 0.2) is 0 Å². The minimum Gasteiger partial charge on any atom is -0.489 e. The predicted molar refractivity (Wildman–Crippen MR) is 57.6 cm³/mol. The third kappa shape index (κ3) is 3.05. The van der Waals surface area contributed by atoms with Gasteiger partial charge in [-0.15, -0.1) is 0 Å². The van der Waals surface area contributed by atoms with Crippen molar-refractivity contribution in [1.29, 1.82) is 0 Å². The number of rotatable bonds is 4. The summed E-state index contributed by atoms with van der Waals surface area (Å²) in [5.74, 6) is 0.702. The molecule has 0 aromatic heterocycles. The van der Waals surface area contributed by atoms with Crippen molar-refractivity contribution < 1.29 is 9.84 Å². The summed E-state index contributed by atoms with van der Waals surface area (Å²) < 4.78 is 5.39. The van der Waals surface area contributed by atoms with Gasteiger partial charge in [0.05, 0.1) is 6.61 Å². The van der Waals surface area contributed by atoms with Crippen molar-refractivity contribution in [2.24, 2.45) is 0 Å². The molecule has 0 aliphatic heterocycles. The Labute approximate surface area is 88.8 Å². The molecule has 0 unspecified atom stereocenters. The molecule has 0 saturated heterocycles. The van der Waals surface area contributed by atoms with E-state index in [-0.39, 0.29) is 6.61 Å². The Balaban J connectivity index is 2.74. The molecule has 0 amide bonds. The Hall–Kier alpha value is -0.990. The molecule has 0 aliphatic carbocycles. The first kappa shape index (κ1) is 11.1. The van der Waals surface area contributed by atoms with Gasteiger partial charge >= 0.3 is 0 Å². The van der Waals surface area contributed by atoms with Gasteiger partial charge in [0.25, 0.3) is 0 Å². The highest BCUT2D eigenvalue weighted by molar-refractivity contribution is 6.25.